The molecule has 0 aromatic heterocycles. The Morgan fingerprint density at radius 2 is 2.17 bits per heavy atom. The largest absolute Gasteiger partial charge is 0.338 e. The van der Waals surface area contributed by atoms with Crippen molar-refractivity contribution < 1.29 is 4.79 Å². The van der Waals surface area contributed by atoms with E-state index in [1.54, 1.807) is 0 Å². The summed E-state index contributed by atoms with van der Waals surface area (Å²) in [5, 5.41) is 0. The number of amides is 1. The summed E-state index contributed by atoms with van der Waals surface area (Å²) in [6.45, 7) is 7.47. The molecule has 1 heterocycles. The Balaban J connectivity index is 2.60. The van der Waals surface area contributed by atoms with Crippen LogP contribution < -0.4 is 0 Å². The van der Waals surface area contributed by atoms with Gasteiger partial charge >= 0.3 is 0 Å². The molecule has 0 saturated carbocycles. The molecule has 1 amide bonds. The monoisotopic (exact) mass is 169 g/mol. The normalized spacial score (nSPS) is 18.9. The van der Waals surface area contributed by atoms with E-state index in [4.69, 9.17) is 0 Å². The van der Waals surface area contributed by atoms with Crippen LogP contribution in [0.2, 0.25) is 0 Å². The van der Waals surface area contributed by atoms with Crippen LogP contribution >= 0.6 is 0 Å². The molecule has 12 heavy (non-hydrogen) atoms. The molecular formula is C10H19NO. The molecule has 0 aromatic rings. The number of carbonyl (C=O) groups is 1. The zero-order valence-electron chi connectivity index (χ0n) is 8.39. The van der Waals surface area contributed by atoms with Gasteiger partial charge in [-0.2, -0.15) is 0 Å². The molecular weight excluding hydrogens is 150 g/mol. The fraction of sp³-hybridized carbons (Fsp3) is 0.900. The van der Waals surface area contributed by atoms with E-state index in [9.17, 15) is 4.79 Å². The fourth-order valence-corrected chi connectivity index (χ4v) is 2.04. The summed E-state index contributed by atoms with van der Waals surface area (Å²) in [6.07, 6.45) is 4.06. The van der Waals surface area contributed by atoms with Crippen molar-refractivity contribution in [1.82, 2.24) is 4.90 Å². The van der Waals surface area contributed by atoms with Crippen molar-refractivity contribution in [2.24, 2.45) is 0 Å². The molecule has 0 unspecified atom stereocenters. The number of hydrogen-bond acceptors (Lipinski definition) is 1. The molecule has 0 bridgehead atoms. The first-order chi connectivity index (χ1) is 5.58. The lowest BCUT2D eigenvalue weighted by molar-refractivity contribution is -0.132. The summed E-state index contributed by atoms with van der Waals surface area (Å²) < 4.78 is 0. The second-order valence-electron chi connectivity index (χ2n) is 4.21. The Bertz CT molecular complexity index is 175. The standard InChI is InChI=1S/C10H19NO/c1-4-7-10(2,3)11-8-5-6-9(11)12/h4-8H2,1-3H3. The van der Waals surface area contributed by atoms with Crippen LogP contribution in [0.15, 0.2) is 0 Å². The van der Waals surface area contributed by atoms with Gasteiger partial charge in [-0.3, -0.25) is 4.79 Å². The SMILES string of the molecule is CCCC(C)(C)N1CCCC1=O. The van der Waals surface area contributed by atoms with Gasteiger partial charge in [-0.25, -0.2) is 0 Å². The third-order valence-electron chi connectivity index (χ3n) is 2.67. The van der Waals surface area contributed by atoms with E-state index in [2.05, 4.69) is 20.8 Å². The van der Waals surface area contributed by atoms with Gasteiger partial charge in [0.25, 0.3) is 0 Å². The topological polar surface area (TPSA) is 20.3 Å². The van der Waals surface area contributed by atoms with Crippen molar-refractivity contribution >= 4 is 5.91 Å². The van der Waals surface area contributed by atoms with Crippen LogP contribution in [0.25, 0.3) is 0 Å². The second-order valence-corrected chi connectivity index (χ2v) is 4.21. The highest BCUT2D eigenvalue weighted by molar-refractivity contribution is 5.78. The highest BCUT2D eigenvalue weighted by Crippen LogP contribution is 2.25. The number of hydrogen-bond donors (Lipinski definition) is 0. The lowest BCUT2D eigenvalue weighted by atomic mass is 9.97. The molecule has 1 fully saturated rings. The van der Waals surface area contributed by atoms with Gasteiger partial charge in [0.05, 0.1) is 0 Å². The fourth-order valence-electron chi connectivity index (χ4n) is 2.04. The van der Waals surface area contributed by atoms with Crippen LogP contribution in [-0.4, -0.2) is 22.9 Å². The van der Waals surface area contributed by atoms with Gasteiger partial charge in [-0.15, -0.1) is 0 Å². The minimum absolute atomic E-state index is 0.0856. The van der Waals surface area contributed by atoms with Gasteiger partial charge in [0, 0.05) is 18.5 Å². The van der Waals surface area contributed by atoms with Crippen LogP contribution in [0.5, 0.6) is 0 Å². The van der Waals surface area contributed by atoms with E-state index in [-0.39, 0.29) is 5.54 Å². The lowest BCUT2D eigenvalue weighted by Gasteiger charge is -2.35. The van der Waals surface area contributed by atoms with E-state index in [0.29, 0.717) is 5.91 Å². The smallest absolute Gasteiger partial charge is 0.223 e. The molecule has 2 nitrogen and oxygen atoms in total. The van der Waals surface area contributed by atoms with Gasteiger partial charge in [-0.1, -0.05) is 13.3 Å². The number of rotatable bonds is 3. The Morgan fingerprint density at radius 3 is 2.58 bits per heavy atom. The Kier molecular flexibility index (Phi) is 2.76. The van der Waals surface area contributed by atoms with Crippen LogP contribution in [0.3, 0.4) is 0 Å². The van der Waals surface area contributed by atoms with E-state index in [0.717, 1.165) is 32.2 Å². The molecule has 1 saturated heterocycles. The molecule has 1 rings (SSSR count). The average molecular weight is 169 g/mol. The summed E-state index contributed by atoms with van der Waals surface area (Å²) in [7, 11) is 0. The second kappa shape index (κ2) is 3.46. The third-order valence-corrected chi connectivity index (χ3v) is 2.67. The summed E-state index contributed by atoms with van der Waals surface area (Å²) in [5.74, 6) is 0.341. The molecule has 2 heteroatoms. The minimum Gasteiger partial charge on any atom is -0.338 e. The van der Waals surface area contributed by atoms with E-state index in [1.165, 1.54) is 0 Å². The maximum Gasteiger partial charge on any atom is 0.223 e. The average Bonchev–Trinajstić information content (AvgIpc) is 2.35. The van der Waals surface area contributed by atoms with Crippen molar-refractivity contribution in [2.75, 3.05) is 6.54 Å². The first-order valence-corrected chi connectivity index (χ1v) is 4.88. The number of nitrogens with zero attached hydrogens (tertiary/aromatic N) is 1. The highest BCUT2D eigenvalue weighted by Gasteiger charge is 2.32. The van der Waals surface area contributed by atoms with Crippen molar-refractivity contribution in [3.05, 3.63) is 0 Å². The zero-order chi connectivity index (χ0) is 9.19. The molecule has 70 valence electrons. The van der Waals surface area contributed by atoms with Crippen molar-refractivity contribution in [2.45, 2.75) is 52.0 Å². The van der Waals surface area contributed by atoms with Crippen molar-refractivity contribution in [1.29, 1.82) is 0 Å². The maximum absolute atomic E-state index is 11.4. The predicted octanol–water partition coefficient (Wildman–Crippen LogP) is 2.19. The minimum atomic E-state index is 0.0856. The highest BCUT2D eigenvalue weighted by atomic mass is 16.2. The first-order valence-electron chi connectivity index (χ1n) is 4.88. The lowest BCUT2D eigenvalue weighted by Crippen LogP contribution is -2.44. The molecule has 1 aliphatic heterocycles. The van der Waals surface area contributed by atoms with Crippen LogP contribution in [0, 0.1) is 0 Å². The van der Waals surface area contributed by atoms with Crippen LogP contribution in [-0.2, 0) is 4.79 Å². The van der Waals surface area contributed by atoms with Gasteiger partial charge in [0.15, 0.2) is 0 Å². The van der Waals surface area contributed by atoms with Crippen molar-refractivity contribution in [3.8, 4) is 0 Å². The molecule has 0 aliphatic carbocycles. The van der Waals surface area contributed by atoms with E-state index < -0.39 is 0 Å². The van der Waals surface area contributed by atoms with Gasteiger partial charge in [-0.05, 0) is 26.7 Å². The Hall–Kier alpha value is -0.530. The molecule has 0 N–H and O–H groups in total. The van der Waals surface area contributed by atoms with Crippen LogP contribution in [0.1, 0.15) is 46.5 Å². The number of likely N-dealkylation sites (tertiary alicyclic amines) is 1. The Morgan fingerprint density at radius 1 is 1.50 bits per heavy atom. The molecule has 0 atom stereocenters. The Labute approximate surface area is 74.9 Å². The van der Waals surface area contributed by atoms with E-state index in [1.807, 2.05) is 4.90 Å². The maximum atomic E-state index is 11.4. The molecule has 0 radical (unpaired) electrons. The van der Waals surface area contributed by atoms with Crippen LogP contribution in [0.4, 0.5) is 0 Å². The quantitative estimate of drug-likeness (QED) is 0.634. The summed E-state index contributed by atoms with van der Waals surface area (Å²) in [5.41, 5.74) is 0.0856. The third kappa shape index (κ3) is 1.79. The molecule has 0 aromatic carbocycles. The summed E-state index contributed by atoms with van der Waals surface area (Å²) >= 11 is 0. The number of carbonyl (C=O) groups excluding carboxylic acids is 1. The summed E-state index contributed by atoms with van der Waals surface area (Å²) in [6, 6.07) is 0. The first kappa shape index (κ1) is 9.56. The zero-order valence-corrected chi connectivity index (χ0v) is 8.39. The van der Waals surface area contributed by atoms with Gasteiger partial charge in [0.1, 0.15) is 0 Å². The molecule has 0 spiro atoms. The van der Waals surface area contributed by atoms with E-state index >= 15 is 0 Å². The van der Waals surface area contributed by atoms with Gasteiger partial charge in [0.2, 0.25) is 5.91 Å². The predicted molar refractivity (Wildman–Crippen MR) is 49.9 cm³/mol. The molecule has 1 aliphatic rings. The van der Waals surface area contributed by atoms with Crippen molar-refractivity contribution in [3.63, 3.8) is 0 Å². The summed E-state index contributed by atoms with van der Waals surface area (Å²) in [4.78, 5) is 13.5. The van der Waals surface area contributed by atoms with Gasteiger partial charge < -0.3 is 4.90 Å².